The molecule has 3 rings (SSSR count). The molecule has 8 nitrogen and oxygen atoms in total. The fourth-order valence-electron chi connectivity index (χ4n) is 4.25. The smallest absolute Gasteiger partial charge is 0.416 e. The van der Waals surface area contributed by atoms with Gasteiger partial charge in [-0.05, 0) is 62.2 Å². The van der Waals surface area contributed by atoms with E-state index in [0.717, 1.165) is 6.07 Å². The number of piperazine rings is 1. The molecule has 2 aromatic carbocycles. The number of alkyl halides is 3. The standard InChI is InChI=1S/C27H34ClF3N4O4S/c1-5-40(38)23-7-6-19(28)12-17(23)15-33-24(36)20-14-21(27(29,30)31)18(13-22(20)32)16-34-8-10-35(11-9-34)25(37)39-26(2,3)4/h6-7,12-14H,5,8-11,15-16,32H2,1-4H3,(H,33,36). The van der Waals surface area contributed by atoms with E-state index in [4.69, 9.17) is 22.1 Å². The molecule has 1 aliphatic heterocycles. The van der Waals surface area contributed by atoms with Crippen LogP contribution < -0.4 is 11.1 Å². The van der Waals surface area contributed by atoms with Crippen molar-refractivity contribution in [2.75, 3.05) is 37.7 Å². The molecule has 13 heteroatoms. The number of hydrogen-bond acceptors (Lipinski definition) is 6. The maximum atomic E-state index is 14.1. The van der Waals surface area contributed by atoms with E-state index >= 15 is 0 Å². The van der Waals surface area contributed by atoms with Gasteiger partial charge in [0.1, 0.15) is 5.60 Å². The van der Waals surface area contributed by atoms with Crippen LogP contribution in [0.4, 0.5) is 23.7 Å². The summed E-state index contributed by atoms with van der Waals surface area (Å²) < 4.78 is 59.9. The lowest BCUT2D eigenvalue weighted by molar-refractivity contribution is -0.138. The number of ether oxygens (including phenoxy) is 1. The number of anilines is 1. The molecule has 1 aliphatic rings. The van der Waals surface area contributed by atoms with Gasteiger partial charge in [0.25, 0.3) is 5.91 Å². The Hall–Kier alpha value is -2.83. The van der Waals surface area contributed by atoms with Crippen LogP contribution in [0.15, 0.2) is 35.2 Å². The van der Waals surface area contributed by atoms with Gasteiger partial charge in [0.2, 0.25) is 0 Å². The Labute approximate surface area is 239 Å². The summed E-state index contributed by atoms with van der Waals surface area (Å²) in [5.74, 6) is -0.448. The summed E-state index contributed by atoms with van der Waals surface area (Å²) in [6, 6.07) is 6.68. The van der Waals surface area contributed by atoms with Crippen LogP contribution >= 0.6 is 11.6 Å². The molecule has 0 bridgehead atoms. The number of hydrogen-bond donors (Lipinski definition) is 2. The topological polar surface area (TPSA) is 105 Å². The number of halogens is 4. The maximum absolute atomic E-state index is 14.1. The molecule has 0 aliphatic carbocycles. The van der Waals surface area contributed by atoms with Crippen molar-refractivity contribution in [3.8, 4) is 0 Å². The van der Waals surface area contributed by atoms with Gasteiger partial charge in [-0.2, -0.15) is 13.2 Å². The fraction of sp³-hybridized carbons (Fsp3) is 0.481. The lowest BCUT2D eigenvalue weighted by Crippen LogP contribution is -2.49. The summed E-state index contributed by atoms with van der Waals surface area (Å²) in [5.41, 5.74) is 4.48. The van der Waals surface area contributed by atoms with Gasteiger partial charge in [-0.1, -0.05) is 18.5 Å². The molecule has 220 valence electrons. The monoisotopic (exact) mass is 602 g/mol. The third-order valence-electron chi connectivity index (χ3n) is 6.21. The van der Waals surface area contributed by atoms with Crippen molar-refractivity contribution in [1.82, 2.24) is 15.1 Å². The van der Waals surface area contributed by atoms with E-state index in [1.165, 1.54) is 11.0 Å². The summed E-state index contributed by atoms with van der Waals surface area (Å²) >= 11 is 6.05. The molecule has 1 fully saturated rings. The first kappa shape index (κ1) is 31.7. The zero-order valence-electron chi connectivity index (χ0n) is 22.9. The van der Waals surface area contributed by atoms with Crippen LogP contribution in [0, 0.1) is 0 Å². The molecule has 0 radical (unpaired) electrons. The van der Waals surface area contributed by atoms with Crippen molar-refractivity contribution in [1.29, 1.82) is 0 Å². The van der Waals surface area contributed by atoms with Crippen LogP contribution in [0.25, 0.3) is 0 Å². The van der Waals surface area contributed by atoms with Crippen molar-refractivity contribution in [2.24, 2.45) is 0 Å². The van der Waals surface area contributed by atoms with Gasteiger partial charge < -0.3 is 20.7 Å². The Morgan fingerprint density at radius 3 is 2.30 bits per heavy atom. The van der Waals surface area contributed by atoms with Crippen LogP contribution in [-0.4, -0.2) is 63.5 Å². The zero-order valence-corrected chi connectivity index (χ0v) is 24.4. The van der Waals surface area contributed by atoms with E-state index in [1.807, 2.05) is 0 Å². The van der Waals surface area contributed by atoms with Crippen molar-refractivity contribution < 1.29 is 31.7 Å². The second-order valence-corrected chi connectivity index (χ2v) is 12.6. The highest BCUT2D eigenvalue weighted by molar-refractivity contribution is 7.85. The summed E-state index contributed by atoms with van der Waals surface area (Å²) in [7, 11) is -1.32. The first-order valence-electron chi connectivity index (χ1n) is 12.7. The number of amides is 2. The van der Waals surface area contributed by atoms with Gasteiger partial charge in [0.05, 0.1) is 21.9 Å². The zero-order chi connectivity index (χ0) is 29.8. The van der Waals surface area contributed by atoms with Crippen molar-refractivity contribution in [2.45, 2.75) is 57.5 Å². The number of carbonyl (C=O) groups excluding carboxylic acids is 2. The van der Waals surface area contributed by atoms with Crippen molar-refractivity contribution in [3.63, 3.8) is 0 Å². The van der Waals surface area contributed by atoms with Crippen LogP contribution in [0.1, 0.15) is 54.7 Å². The van der Waals surface area contributed by atoms with E-state index < -0.39 is 40.1 Å². The predicted molar refractivity (Wildman–Crippen MR) is 149 cm³/mol. The fourth-order valence-corrected chi connectivity index (χ4v) is 5.39. The molecule has 40 heavy (non-hydrogen) atoms. The molecule has 1 heterocycles. The number of nitrogen functional groups attached to an aromatic ring is 1. The molecule has 1 atom stereocenters. The van der Waals surface area contributed by atoms with E-state index in [-0.39, 0.29) is 29.9 Å². The molecule has 2 aromatic rings. The third kappa shape index (κ3) is 8.34. The molecule has 1 unspecified atom stereocenters. The summed E-state index contributed by atoms with van der Waals surface area (Å²) in [5, 5.41) is 2.95. The lowest BCUT2D eigenvalue weighted by atomic mass is 10.00. The van der Waals surface area contributed by atoms with Gasteiger partial charge in [0.15, 0.2) is 0 Å². The second-order valence-electron chi connectivity index (χ2n) is 10.4. The van der Waals surface area contributed by atoms with Gasteiger partial charge in [0, 0.05) is 60.6 Å². The number of nitrogens with one attached hydrogen (secondary N) is 1. The first-order chi connectivity index (χ1) is 18.6. The van der Waals surface area contributed by atoms with Gasteiger partial charge in [-0.25, -0.2) is 4.79 Å². The Morgan fingerprint density at radius 2 is 1.73 bits per heavy atom. The molecule has 0 aromatic heterocycles. The number of carbonyl (C=O) groups is 2. The van der Waals surface area contributed by atoms with E-state index in [0.29, 0.717) is 47.4 Å². The Bertz CT molecular complexity index is 1280. The van der Waals surface area contributed by atoms with Crippen LogP contribution in [-0.2, 0) is 34.8 Å². The first-order valence-corrected chi connectivity index (χ1v) is 14.4. The minimum Gasteiger partial charge on any atom is -0.444 e. The average molecular weight is 603 g/mol. The number of rotatable bonds is 7. The van der Waals surface area contributed by atoms with Gasteiger partial charge >= 0.3 is 12.3 Å². The van der Waals surface area contributed by atoms with E-state index in [1.54, 1.807) is 50.8 Å². The largest absolute Gasteiger partial charge is 0.444 e. The predicted octanol–water partition coefficient (Wildman–Crippen LogP) is 5.05. The third-order valence-corrected chi connectivity index (χ3v) is 7.86. The number of nitrogens with two attached hydrogens (primary N) is 1. The summed E-state index contributed by atoms with van der Waals surface area (Å²) in [4.78, 5) is 29.0. The van der Waals surface area contributed by atoms with E-state index in [9.17, 15) is 27.0 Å². The SMILES string of the molecule is CCS(=O)c1ccc(Cl)cc1CNC(=O)c1cc(C(F)(F)F)c(CN2CCN(C(=O)OC(C)(C)C)CC2)cc1N. The van der Waals surface area contributed by atoms with Gasteiger partial charge in [-0.3, -0.25) is 13.9 Å². The normalized spacial score (nSPS) is 15.6. The number of nitrogens with zero attached hydrogens (tertiary/aromatic N) is 2. The Balaban J connectivity index is 1.75. The van der Waals surface area contributed by atoms with Gasteiger partial charge in [-0.15, -0.1) is 0 Å². The van der Waals surface area contributed by atoms with Crippen LogP contribution in [0.2, 0.25) is 5.02 Å². The maximum Gasteiger partial charge on any atom is 0.416 e. The van der Waals surface area contributed by atoms with Crippen molar-refractivity contribution in [3.05, 3.63) is 57.6 Å². The molecule has 0 saturated carbocycles. The van der Waals surface area contributed by atoms with Crippen LogP contribution in [0.3, 0.4) is 0 Å². The highest BCUT2D eigenvalue weighted by Gasteiger charge is 2.36. The average Bonchev–Trinajstić information content (AvgIpc) is 2.85. The molecule has 3 N–H and O–H groups in total. The second kappa shape index (κ2) is 12.8. The number of benzene rings is 2. The quantitative estimate of drug-likeness (QED) is 0.430. The lowest BCUT2D eigenvalue weighted by Gasteiger charge is -2.36. The molecule has 0 spiro atoms. The molecular weight excluding hydrogens is 569 g/mol. The van der Waals surface area contributed by atoms with Crippen LogP contribution in [0.5, 0.6) is 0 Å². The minimum atomic E-state index is -4.73. The molecule has 2 amide bonds. The van der Waals surface area contributed by atoms with E-state index in [2.05, 4.69) is 5.32 Å². The summed E-state index contributed by atoms with van der Waals surface area (Å²) in [6.07, 6.45) is -5.19. The van der Waals surface area contributed by atoms with Crippen molar-refractivity contribution >= 4 is 40.1 Å². The minimum absolute atomic E-state index is 0.0577. The highest BCUT2D eigenvalue weighted by atomic mass is 35.5. The molecular formula is C27H34ClF3N4O4S. The molecule has 1 saturated heterocycles. The Morgan fingerprint density at radius 1 is 1.07 bits per heavy atom. The highest BCUT2D eigenvalue weighted by Crippen LogP contribution is 2.35. The Kier molecular flexibility index (Phi) is 10.1. The summed E-state index contributed by atoms with van der Waals surface area (Å²) in [6.45, 7) is 8.18.